The Balaban J connectivity index is 1.70. The average molecular weight is 221 g/mol. The number of aryl methyl sites for hydroxylation is 1. The third-order valence-corrected chi connectivity index (χ3v) is 3.03. The van der Waals surface area contributed by atoms with Crippen molar-refractivity contribution in [1.29, 1.82) is 0 Å². The summed E-state index contributed by atoms with van der Waals surface area (Å²) in [6.45, 7) is 0.594. The van der Waals surface area contributed by atoms with Crippen LogP contribution in [0.15, 0.2) is 18.5 Å². The molecule has 1 aromatic heterocycles. The highest BCUT2D eigenvalue weighted by atomic mass is 16.1. The standard InChI is InChI=1S/C12H19N3O/c1-15-5-4-9(8-15)7-14-12(16)6-11(13)10-2-3-10/h4-5,8,10-11H,2-3,6-7,13H2,1H3,(H,14,16). The maximum absolute atomic E-state index is 11.6. The molecule has 3 N–H and O–H groups in total. The lowest BCUT2D eigenvalue weighted by Crippen LogP contribution is -2.32. The van der Waals surface area contributed by atoms with Gasteiger partial charge in [-0.2, -0.15) is 0 Å². The molecule has 1 heterocycles. The number of aromatic nitrogens is 1. The molecule has 1 atom stereocenters. The van der Waals surface area contributed by atoms with Gasteiger partial charge in [-0.05, 0) is 30.4 Å². The summed E-state index contributed by atoms with van der Waals surface area (Å²) in [6.07, 6.45) is 6.80. The first-order valence-corrected chi connectivity index (χ1v) is 5.78. The van der Waals surface area contributed by atoms with Gasteiger partial charge in [-0.25, -0.2) is 0 Å². The maximum atomic E-state index is 11.6. The van der Waals surface area contributed by atoms with E-state index in [2.05, 4.69) is 5.32 Å². The largest absolute Gasteiger partial charge is 0.357 e. The average Bonchev–Trinajstić information content (AvgIpc) is 3.00. The van der Waals surface area contributed by atoms with Crippen molar-refractivity contribution in [2.24, 2.45) is 18.7 Å². The minimum Gasteiger partial charge on any atom is -0.357 e. The Bertz CT molecular complexity index is 368. The van der Waals surface area contributed by atoms with Crippen LogP contribution in [0.1, 0.15) is 24.8 Å². The van der Waals surface area contributed by atoms with E-state index in [1.54, 1.807) is 0 Å². The Morgan fingerprint density at radius 2 is 2.44 bits per heavy atom. The van der Waals surface area contributed by atoms with E-state index in [1.165, 1.54) is 12.8 Å². The van der Waals surface area contributed by atoms with Crippen molar-refractivity contribution >= 4 is 5.91 Å². The first kappa shape index (κ1) is 11.2. The molecule has 0 saturated heterocycles. The lowest BCUT2D eigenvalue weighted by molar-refractivity contribution is -0.121. The summed E-state index contributed by atoms with van der Waals surface area (Å²) in [4.78, 5) is 11.6. The minimum absolute atomic E-state index is 0.0516. The summed E-state index contributed by atoms with van der Waals surface area (Å²) in [6, 6.07) is 2.05. The molecule has 1 saturated carbocycles. The van der Waals surface area contributed by atoms with Crippen molar-refractivity contribution in [3.8, 4) is 0 Å². The molecule has 1 unspecified atom stereocenters. The third kappa shape index (κ3) is 3.10. The highest BCUT2D eigenvalue weighted by Crippen LogP contribution is 2.32. The molecule has 4 heteroatoms. The van der Waals surface area contributed by atoms with Crippen LogP contribution in [0, 0.1) is 5.92 Å². The summed E-state index contributed by atoms with van der Waals surface area (Å²) in [5, 5.41) is 2.89. The molecule has 0 spiro atoms. The smallest absolute Gasteiger partial charge is 0.221 e. The zero-order chi connectivity index (χ0) is 11.5. The molecule has 1 aromatic rings. The topological polar surface area (TPSA) is 60.0 Å². The fourth-order valence-electron chi connectivity index (χ4n) is 1.84. The van der Waals surface area contributed by atoms with E-state index in [9.17, 15) is 4.79 Å². The van der Waals surface area contributed by atoms with Gasteiger partial charge in [0.05, 0.1) is 0 Å². The SMILES string of the molecule is Cn1ccc(CNC(=O)CC(N)C2CC2)c1. The number of nitrogens with two attached hydrogens (primary N) is 1. The number of nitrogens with zero attached hydrogens (tertiary/aromatic N) is 1. The van der Waals surface area contributed by atoms with E-state index in [1.807, 2.05) is 30.1 Å². The van der Waals surface area contributed by atoms with E-state index in [4.69, 9.17) is 5.73 Å². The number of carbonyl (C=O) groups is 1. The van der Waals surface area contributed by atoms with E-state index in [0.717, 1.165) is 5.56 Å². The van der Waals surface area contributed by atoms with Crippen LogP contribution in [-0.4, -0.2) is 16.5 Å². The monoisotopic (exact) mass is 221 g/mol. The number of nitrogens with one attached hydrogen (secondary N) is 1. The van der Waals surface area contributed by atoms with Crippen LogP contribution in [0.2, 0.25) is 0 Å². The molecule has 0 radical (unpaired) electrons. The zero-order valence-electron chi connectivity index (χ0n) is 9.65. The molecule has 1 fully saturated rings. The van der Waals surface area contributed by atoms with Crippen LogP contribution in [-0.2, 0) is 18.4 Å². The van der Waals surface area contributed by atoms with Crippen LogP contribution in [0.5, 0.6) is 0 Å². The molecular formula is C12H19N3O. The van der Waals surface area contributed by atoms with Gasteiger partial charge in [-0.1, -0.05) is 0 Å². The van der Waals surface area contributed by atoms with E-state index in [-0.39, 0.29) is 11.9 Å². The maximum Gasteiger partial charge on any atom is 0.221 e. The summed E-state index contributed by atoms with van der Waals surface area (Å²) in [5.41, 5.74) is 7.01. The predicted octanol–water partition coefficient (Wildman–Crippen LogP) is 0.769. The second-order valence-electron chi connectivity index (χ2n) is 4.67. The van der Waals surface area contributed by atoms with Crippen molar-refractivity contribution in [2.45, 2.75) is 31.8 Å². The molecule has 0 bridgehead atoms. The second-order valence-corrected chi connectivity index (χ2v) is 4.67. The van der Waals surface area contributed by atoms with Crippen molar-refractivity contribution in [1.82, 2.24) is 9.88 Å². The first-order chi connectivity index (χ1) is 7.65. The lowest BCUT2D eigenvalue weighted by Gasteiger charge is -2.09. The molecule has 0 aromatic carbocycles. The molecular weight excluding hydrogens is 202 g/mol. The van der Waals surface area contributed by atoms with E-state index >= 15 is 0 Å². The Hall–Kier alpha value is -1.29. The molecule has 16 heavy (non-hydrogen) atoms. The first-order valence-electron chi connectivity index (χ1n) is 5.78. The predicted molar refractivity (Wildman–Crippen MR) is 62.6 cm³/mol. The van der Waals surface area contributed by atoms with Gasteiger partial charge in [0.25, 0.3) is 0 Å². The number of rotatable bonds is 5. The Morgan fingerprint density at radius 3 is 3.00 bits per heavy atom. The van der Waals surface area contributed by atoms with Gasteiger partial charge in [0, 0.05) is 38.4 Å². The molecule has 1 amide bonds. The molecule has 0 aliphatic heterocycles. The third-order valence-electron chi connectivity index (χ3n) is 3.03. The summed E-state index contributed by atoms with van der Waals surface area (Å²) >= 11 is 0. The van der Waals surface area contributed by atoms with Gasteiger partial charge >= 0.3 is 0 Å². The van der Waals surface area contributed by atoms with Crippen molar-refractivity contribution in [3.63, 3.8) is 0 Å². The summed E-state index contributed by atoms with van der Waals surface area (Å²) < 4.78 is 1.97. The van der Waals surface area contributed by atoms with Gasteiger partial charge in [0.1, 0.15) is 0 Å². The Kier molecular flexibility index (Phi) is 3.29. The van der Waals surface area contributed by atoms with Crippen molar-refractivity contribution < 1.29 is 4.79 Å². The molecule has 1 aliphatic rings. The van der Waals surface area contributed by atoms with Gasteiger partial charge in [-0.3, -0.25) is 4.79 Å². The Labute approximate surface area is 95.8 Å². The fourth-order valence-corrected chi connectivity index (χ4v) is 1.84. The van der Waals surface area contributed by atoms with Crippen LogP contribution in [0.25, 0.3) is 0 Å². The van der Waals surface area contributed by atoms with Crippen molar-refractivity contribution in [2.75, 3.05) is 0 Å². The highest BCUT2D eigenvalue weighted by molar-refractivity contribution is 5.76. The van der Waals surface area contributed by atoms with Crippen LogP contribution in [0.3, 0.4) is 0 Å². The minimum atomic E-state index is 0.0516. The van der Waals surface area contributed by atoms with Gasteiger partial charge in [0.2, 0.25) is 5.91 Å². The van der Waals surface area contributed by atoms with Crippen LogP contribution < -0.4 is 11.1 Å². The van der Waals surface area contributed by atoms with Crippen LogP contribution in [0.4, 0.5) is 0 Å². The number of amides is 1. The van der Waals surface area contributed by atoms with Gasteiger partial charge < -0.3 is 15.6 Å². The zero-order valence-corrected chi connectivity index (χ0v) is 9.65. The van der Waals surface area contributed by atoms with Gasteiger partial charge in [-0.15, -0.1) is 0 Å². The van der Waals surface area contributed by atoms with Gasteiger partial charge in [0.15, 0.2) is 0 Å². The lowest BCUT2D eigenvalue weighted by atomic mass is 10.1. The fraction of sp³-hybridized carbons (Fsp3) is 0.583. The molecule has 1 aliphatic carbocycles. The number of hydrogen-bond donors (Lipinski definition) is 2. The molecule has 2 rings (SSSR count). The highest BCUT2D eigenvalue weighted by Gasteiger charge is 2.29. The number of hydrogen-bond acceptors (Lipinski definition) is 2. The second kappa shape index (κ2) is 4.70. The summed E-state index contributed by atoms with van der Waals surface area (Å²) in [5.74, 6) is 0.644. The van der Waals surface area contributed by atoms with E-state index in [0.29, 0.717) is 18.9 Å². The number of carbonyl (C=O) groups excluding carboxylic acids is 1. The Morgan fingerprint density at radius 1 is 1.69 bits per heavy atom. The summed E-state index contributed by atoms with van der Waals surface area (Å²) in [7, 11) is 1.97. The van der Waals surface area contributed by atoms with Crippen molar-refractivity contribution in [3.05, 3.63) is 24.0 Å². The molecule has 4 nitrogen and oxygen atoms in total. The van der Waals surface area contributed by atoms with E-state index < -0.39 is 0 Å². The normalized spacial score (nSPS) is 17.1. The quantitative estimate of drug-likeness (QED) is 0.771. The molecule has 88 valence electrons. The van der Waals surface area contributed by atoms with Crippen LogP contribution >= 0.6 is 0 Å².